The van der Waals surface area contributed by atoms with Gasteiger partial charge in [0.15, 0.2) is 0 Å². The van der Waals surface area contributed by atoms with Crippen LogP contribution in [0.5, 0.6) is 0 Å². The minimum Gasteiger partial charge on any atom is -0.354 e. The standard InChI is InChI=1S/C17H30N4/c1-4-20-9-11-21(12-10-20)17-6-5-16(14-19-17)13-18-8-7-15(2)3/h5-6,14-15,18H,4,7-13H2,1-3H3. The molecule has 2 heterocycles. The summed E-state index contributed by atoms with van der Waals surface area (Å²) in [6.07, 6.45) is 3.25. The summed E-state index contributed by atoms with van der Waals surface area (Å²) in [5.74, 6) is 1.89. The highest BCUT2D eigenvalue weighted by atomic mass is 15.3. The van der Waals surface area contributed by atoms with Gasteiger partial charge in [0.2, 0.25) is 0 Å². The molecule has 1 N–H and O–H groups in total. The molecule has 0 amide bonds. The van der Waals surface area contributed by atoms with Crippen molar-refractivity contribution in [2.45, 2.75) is 33.7 Å². The Hall–Kier alpha value is -1.13. The third-order valence-electron chi connectivity index (χ3n) is 4.18. The molecule has 118 valence electrons. The van der Waals surface area contributed by atoms with Crippen LogP contribution in [0.1, 0.15) is 32.8 Å². The summed E-state index contributed by atoms with van der Waals surface area (Å²) >= 11 is 0. The first-order valence-corrected chi connectivity index (χ1v) is 8.32. The molecule has 0 atom stereocenters. The van der Waals surface area contributed by atoms with Gasteiger partial charge in [-0.2, -0.15) is 0 Å². The monoisotopic (exact) mass is 290 g/mol. The molecule has 0 radical (unpaired) electrons. The number of hydrogen-bond acceptors (Lipinski definition) is 4. The van der Waals surface area contributed by atoms with Crippen molar-refractivity contribution in [1.82, 2.24) is 15.2 Å². The number of pyridine rings is 1. The Labute approximate surface area is 129 Å². The first-order valence-electron chi connectivity index (χ1n) is 8.32. The number of hydrogen-bond donors (Lipinski definition) is 1. The smallest absolute Gasteiger partial charge is 0.128 e. The van der Waals surface area contributed by atoms with Gasteiger partial charge in [-0.25, -0.2) is 4.98 Å². The Morgan fingerprint density at radius 2 is 1.95 bits per heavy atom. The summed E-state index contributed by atoms with van der Waals surface area (Å²) in [6.45, 7) is 14.4. The third-order valence-corrected chi connectivity index (χ3v) is 4.18. The predicted molar refractivity (Wildman–Crippen MR) is 89.7 cm³/mol. The number of likely N-dealkylation sites (N-methyl/N-ethyl adjacent to an activating group) is 1. The number of aromatic nitrogens is 1. The number of anilines is 1. The van der Waals surface area contributed by atoms with Gasteiger partial charge in [0.1, 0.15) is 5.82 Å². The SMILES string of the molecule is CCN1CCN(c2ccc(CNCCC(C)C)cn2)CC1. The van der Waals surface area contributed by atoms with Crippen LogP contribution in [0.15, 0.2) is 18.3 Å². The van der Waals surface area contributed by atoms with Gasteiger partial charge in [-0.05, 0) is 37.1 Å². The quantitative estimate of drug-likeness (QED) is 0.781. The number of nitrogens with one attached hydrogen (secondary N) is 1. The van der Waals surface area contributed by atoms with E-state index in [2.05, 4.69) is 53.0 Å². The summed E-state index contributed by atoms with van der Waals surface area (Å²) in [6, 6.07) is 4.37. The van der Waals surface area contributed by atoms with Gasteiger partial charge in [-0.3, -0.25) is 0 Å². The lowest BCUT2D eigenvalue weighted by atomic mass is 10.1. The van der Waals surface area contributed by atoms with E-state index >= 15 is 0 Å². The fourth-order valence-corrected chi connectivity index (χ4v) is 2.62. The van der Waals surface area contributed by atoms with Gasteiger partial charge in [0.25, 0.3) is 0 Å². The second-order valence-electron chi connectivity index (χ2n) is 6.31. The maximum atomic E-state index is 4.63. The van der Waals surface area contributed by atoms with Crippen molar-refractivity contribution in [1.29, 1.82) is 0 Å². The highest BCUT2D eigenvalue weighted by molar-refractivity contribution is 5.39. The van der Waals surface area contributed by atoms with E-state index in [-0.39, 0.29) is 0 Å². The second-order valence-corrected chi connectivity index (χ2v) is 6.31. The lowest BCUT2D eigenvalue weighted by Gasteiger charge is -2.34. The highest BCUT2D eigenvalue weighted by Gasteiger charge is 2.16. The number of piperazine rings is 1. The summed E-state index contributed by atoms with van der Waals surface area (Å²) < 4.78 is 0. The normalized spacial score (nSPS) is 16.7. The Bertz CT molecular complexity index is 394. The molecule has 1 aromatic rings. The van der Waals surface area contributed by atoms with Gasteiger partial charge >= 0.3 is 0 Å². The summed E-state index contributed by atoms with van der Waals surface area (Å²) in [4.78, 5) is 9.52. The second kappa shape index (κ2) is 8.35. The molecule has 0 saturated carbocycles. The zero-order chi connectivity index (χ0) is 15.1. The lowest BCUT2D eigenvalue weighted by molar-refractivity contribution is 0.270. The Morgan fingerprint density at radius 3 is 2.52 bits per heavy atom. The predicted octanol–water partition coefficient (Wildman–Crippen LogP) is 2.36. The topological polar surface area (TPSA) is 31.4 Å². The molecule has 1 saturated heterocycles. The molecule has 4 nitrogen and oxygen atoms in total. The molecule has 0 aliphatic carbocycles. The van der Waals surface area contributed by atoms with Gasteiger partial charge in [0, 0.05) is 38.9 Å². The number of rotatable bonds is 7. The van der Waals surface area contributed by atoms with Crippen LogP contribution in [0.25, 0.3) is 0 Å². The van der Waals surface area contributed by atoms with Gasteiger partial charge in [-0.1, -0.05) is 26.8 Å². The zero-order valence-electron chi connectivity index (χ0n) is 13.8. The van der Waals surface area contributed by atoms with Crippen LogP contribution in [0.3, 0.4) is 0 Å². The van der Waals surface area contributed by atoms with Crippen molar-refractivity contribution >= 4 is 5.82 Å². The first kappa shape index (κ1) is 16.2. The molecule has 1 aliphatic heterocycles. The molecule has 21 heavy (non-hydrogen) atoms. The van der Waals surface area contributed by atoms with E-state index < -0.39 is 0 Å². The Morgan fingerprint density at radius 1 is 1.19 bits per heavy atom. The Balaban J connectivity index is 1.77. The van der Waals surface area contributed by atoms with E-state index in [0.717, 1.165) is 57.5 Å². The lowest BCUT2D eigenvalue weighted by Crippen LogP contribution is -2.46. The van der Waals surface area contributed by atoms with E-state index in [1.807, 2.05) is 6.20 Å². The molecule has 0 unspecified atom stereocenters. The Kier molecular flexibility index (Phi) is 6.46. The average molecular weight is 290 g/mol. The fraction of sp³-hybridized carbons (Fsp3) is 0.706. The van der Waals surface area contributed by atoms with E-state index in [0.29, 0.717) is 0 Å². The van der Waals surface area contributed by atoms with Crippen molar-refractivity contribution in [2.24, 2.45) is 5.92 Å². The van der Waals surface area contributed by atoms with Crippen molar-refractivity contribution in [3.05, 3.63) is 23.9 Å². The van der Waals surface area contributed by atoms with Crippen LogP contribution in [-0.2, 0) is 6.54 Å². The number of nitrogens with zero attached hydrogens (tertiary/aromatic N) is 3. The minimum absolute atomic E-state index is 0.764. The molecule has 0 bridgehead atoms. The molecular formula is C17H30N4. The highest BCUT2D eigenvalue weighted by Crippen LogP contribution is 2.14. The molecular weight excluding hydrogens is 260 g/mol. The van der Waals surface area contributed by atoms with Crippen LogP contribution in [0, 0.1) is 5.92 Å². The first-order chi connectivity index (χ1) is 10.2. The molecule has 2 rings (SSSR count). The van der Waals surface area contributed by atoms with Crippen molar-refractivity contribution < 1.29 is 0 Å². The molecule has 1 aliphatic rings. The van der Waals surface area contributed by atoms with Crippen LogP contribution < -0.4 is 10.2 Å². The molecule has 1 aromatic heterocycles. The van der Waals surface area contributed by atoms with Gasteiger partial charge < -0.3 is 15.1 Å². The van der Waals surface area contributed by atoms with E-state index in [9.17, 15) is 0 Å². The van der Waals surface area contributed by atoms with Crippen molar-refractivity contribution in [2.75, 3.05) is 44.2 Å². The van der Waals surface area contributed by atoms with Crippen LogP contribution in [0.4, 0.5) is 5.82 Å². The maximum Gasteiger partial charge on any atom is 0.128 e. The van der Waals surface area contributed by atoms with E-state index in [1.165, 1.54) is 12.0 Å². The van der Waals surface area contributed by atoms with E-state index in [4.69, 9.17) is 0 Å². The maximum absolute atomic E-state index is 4.63. The van der Waals surface area contributed by atoms with Crippen LogP contribution in [0.2, 0.25) is 0 Å². The summed E-state index contributed by atoms with van der Waals surface area (Å²) in [5.41, 5.74) is 1.27. The van der Waals surface area contributed by atoms with Crippen LogP contribution >= 0.6 is 0 Å². The van der Waals surface area contributed by atoms with Crippen molar-refractivity contribution in [3.8, 4) is 0 Å². The molecule has 0 aromatic carbocycles. The van der Waals surface area contributed by atoms with E-state index in [1.54, 1.807) is 0 Å². The fourth-order valence-electron chi connectivity index (χ4n) is 2.62. The summed E-state index contributed by atoms with van der Waals surface area (Å²) in [5, 5.41) is 3.49. The average Bonchev–Trinajstić information content (AvgIpc) is 2.52. The molecule has 4 heteroatoms. The third kappa shape index (κ3) is 5.29. The van der Waals surface area contributed by atoms with Gasteiger partial charge in [-0.15, -0.1) is 0 Å². The zero-order valence-corrected chi connectivity index (χ0v) is 13.8. The molecule has 0 spiro atoms. The largest absolute Gasteiger partial charge is 0.354 e. The van der Waals surface area contributed by atoms with Gasteiger partial charge in [0.05, 0.1) is 0 Å². The van der Waals surface area contributed by atoms with Crippen LogP contribution in [-0.4, -0.2) is 49.2 Å². The minimum atomic E-state index is 0.764. The summed E-state index contributed by atoms with van der Waals surface area (Å²) in [7, 11) is 0. The van der Waals surface area contributed by atoms with Crippen molar-refractivity contribution in [3.63, 3.8) is 0 Å². The molecule has 1 fully saturated rings.